The summed E-state index contributed by atoms with van der Waals surface area (Å²) in [4.78, 5) is 0. The van der Waals surface area contributed by atoms with Gasteiger partial charge in [0.2, 0.25) is 0 Å². The van der Waals surface area contributed by atoms with E-state index in [1.54, 1.807) is 0 Å². The van der Waals surface area contributed by atoms with Crippen LogP contribution in [0.2, 0.25) is 0 Å². The first-order chi connectivity index (χ1) is 4.66. The SMILES string of the molecule is C=C(C)CCC[C@@H](C)NC. The van der Waals surface area contributed by atoms with E-state index in [0.717, 1.165) is 0 Å². The van der Waals surface area contributed by atoms with Gasteiger partial charge in [0, 0.05) is 6.04 Å². The van der Waals surface area contributed by atoms with Gasteiger partial charge in [0.05, 0.1) is 0 Å². The second-order valence-electron chi connectivity index (χ2n) is 3.04. The summed E-state index contributed by atoms with van der Waals surface area (Å²) < 4.78 is 0. The Balaban J connectivity index is 3.11. The lowest BCUT2D eigenvalue weighted by atomic mass is 10.1. The summed E-state index contributed by atoms with van der Waals surface area (Å²) in [5, 5.41) is 3.21. The van der Waals surface area contributed by atoms with E-state index in [-0.39, 0.29) is 0 Å². The van der Waals surface area contributed by atoms with E-state index >= 15 is 0 Å². The lowest BCUT2D eigenvalue weighted by molar-refractivity contribution is 0.541. The highest BCUT2D eigenvalue weighted by atomic mass is 14.8. The van der Waals surface area contributed by atoms with Crippen LogP contribution in [0.1, 0.15) is 33.1 Å². The van der Waals surface area contributed by atoms with Crippen LogP contribution in [0.15, 0.2) is 12.2 Å². The van der Waals surface area contributed by atoms with Crippen LogP contribution < -0.4 is 5.32 Å². The van der Waals surface area contributed by atoms with Crippen molar-refractivity contribution < 1.29 is 0 Å². The van der Waals surface area contributed by atoms with E-state index in [1.165, 1.54) is 24.8 Å². The zero-order valence-corrected chi connectivity index (χ0v) is 7.41. The molecule has 1 N–H and O–H groups in total. The predicted molar refractivity (Wildman–Crippen MR) is 47.2 cm³/mol. The van der Waals surface area contributed by atoms with Crippen LogP contribution in [0.4, 0.5) is 0 Å². The smallest absolute Gasteiger partial charge is 0.00358 e. The second kappa shape index (κ2) is 5.48. The maximum Gasteiger partial charge on any atom is 0.00358 e. The molecule has 60 valence electrons. The molecule has 10 heavy (non-hydrogen) atoms. The minimum atomic E-state index is 0.652. The van der Waals surface area contributed by atoms with Gasteiger partial charge < -0.3 is 5.32 Å². The monoisotopic (exact) mass is 141 g/mol. The third-order valence-corrected chi connectivity index (χ3v) is 1.73. The molecule has 0 aliphatic heterocycles. The van der Waals surface area contributed by atoms with Crippen LogP contribution in [0.5, 0.6) is 0 Å². The van der Waals surface area contributed by atoms with Crippen LogP contribution >= 0.6 is 0 Å². The van der Waals surface area contributed by atoms with E-state index in [4.69, 9.17) is 0 Å². The lowest BCUT2D eigenvalue weighted by Gasteiger charge is -2.08. The molecule has 0 aliphatic carbocycles. The maximum absolute atomic E-state index is 3.86. The lowest BCUT2D eigenvalue weighted by Crippen LogP contribution is -2.20. The Hall–Kier alpha value is -0.300. The first kappa shape index (κ1) is 9.70. The fourth-order valence-corrected chi connectivity index (χ4v) is 0.854. The van der Waals surface area contributed by atoms with Crippen LogP contribution in [0.3, 0.4) is 0 Å². The van der Waals surface area contributed by atoms with Crippen molar-refractivity contribution in [3.8, 4) is 0 Å². The summed E-state index contributed by atoms with van der Waals surface area (Å²) in [6, 6.07) is 0.652. The molecule has 0 radical (unpaired) electrons. The molecule has 0 heterocycles. The fraction of sp³-hybridized carbons (Fsp3) is 0.778. The highest BCUT2D eigenvalue weighted by Crippen LogP contribution is 2.05. The van der Waals surface area contributed by atoms with Gasteiger partial charge in [-0.3, -0.25) is 0 Å². The molecule has 1 atom stereocenters. The van der Waals surface area contributed by atoms with Gasteiger partial charge in [-0.25, -0.2) is 0 Å². The summed E-state index contributed by atoms with van der Waals surface area (Å²) in [7, 11) is 2.01. The van der Waals surface area contributed by atoms with E-state index in [0.29, 0.717) is 6.04 Å². The Kier molecular flexibility index (Phi) is 5.32. The number of allylic oxidation sites excluding steroid dienone is 1. The van der Waals surface area contributed by atoms with Crippen LogP contribution in [-0.4, -0.2) is 13.1 Å². The van der Waals surface area contributed by atoms with Crippen molar-refractivity contribution in [3.05, 3.63) is 12.2 Å². The minimum absolute atomic E-state index is 0.652. The first-order valence-electron chi connectivity index (χ1n) is 3.98. The number of hydrogen-bond acceptors (Lipinski definition) is 1. The van der Waals surface area contributed by atoms with Crippen molar-refractivity contribution in [1.82, 2.24) is 5.32 Å². The minimum Gasteiger partial charge on any atom is -0.317 e. The second-order valence-corrected chi connectivity index (χ2v) is 3.04. The third kappa shape index (κ3) is 5.83. The molecule has 0 fully saturated rings. The third-order valence-electron chi connectivity index (χ3n) is 1.73. The summed E-state index contributed by atoms with van der Waals surface area (Å²) in [5.41, 5.74) is 1.29. The molecule has 0 spiro atoms. The number of nitrogens with one attached hydrogen (secondary N) is 1. The average Bonchev–Trinajstić information content (AvgIpc) is 1.87. The van der Waals surface area contributed by atoms with Gasteiger partial charge in [-0.1, -0.05) is 5.57 Å². The Labute approximate surface area is 64.5 Å². The molecule has 0 saturated carbocycles. The summed E-state index contributed by atoms with van der Waals surface area (Å²) >= 11 is 0. The van der Waals surface area contributed by atoms with Crippen molar-refractivity contribution in [2.45, 2.75) is 39.2 Å². The fourth-order valence-electron chi connectivity index (χ4n) is 0.854. The van der Waals surface area contributed by atoms with Gasteiger partial charge in [0.15, 0.2) is 0 Å². The Morgan fingerprint density at radius 2 is 2.20 bits per heavy atom. The highest BCUT2D eigenvalue weighted by Gasteiger charge is 1.96. The molecule has 0 aliphatic rings. The molecular weight excluding hydrogens is 122 g/mol. The Morgan fingerprint density at radius 3 is 2.60 bits per heavy atom. The van der Waals surface area contributed by atoms with E-state index in [2.05, 4.69) is 25.7 Å². The van der Waals surface area contributed by atoms with Crippen molar-refractivity contribution in [2.24, 2.45) is 0 Å². The molecule has 0 rings (SSSR count). The summed E-state index contributed by atoms with van der Waals surface area (Å²) in [6.07, 6.45) is 3.69. The molecule has 0 aromatic rings. The molecule has 1 nitrogen and oxygen atoms in total. The normalized spacial score (nSPS) is 13.1. The van der Waals surface area contributed by atoms with Gasteiger partial charge >= 0.3 is 0 Å². The van der Waals surface area contributed by atoms with Crippen molar-refractivity contribution in [1.29, 1.82) is 0 Å². The highest BCUT2D eigenvalue weighted by molar-refractivity contribution is 4.87. The average molecular weight is 141 g/mol. The van der Waals surface area contributed by atoms with Crippen LogP contribution in [0.25, 0.3) is 0 Å². The van der Waals surface area contributed by atoms with Crippen molar-refractivity contribution in [2.75, 3.05) is 7.05 Å². The van der Waals surface area contributed by atoms with E-state index in [9.17, 15) is 0 Å². The molecule has 0 bridgehead atoms. The Morgan fingerprint density at radius 1 is 1.60 bits per heavy atom. The largest absolute Gasteiger partial charge is 0.317 e. The van der Waals surface area contributed by atoms with E-state index < -0.39 is 0 Å². The zero-order chi connectivity index (χ0) is 7.98. The van der Waals surface area contributed by atoms with Crippen LogP contribution in [-0.2, 0) is 0 Å². The number of hydrogen-bond donors (Lipinski definition) is 1. The van der Waals surface area contributed by atoms with Gasteiger partial charge in [-0.05, 0) is 40.2 Å². The molecule has 0 aromatic carbocycles. The van der Waals surface area contributed by atoms with Crippen LogP contribution in [0, 0.1) is 0 Å². The molecule has 0 aromatic heterocycles. The quantitative estimate of drug-likeness (QED) is 0.579. The summed E-state index contributed by atoms with van der Waals surface area (Å²) in [5.74, 6) is 0. The molecular formula is C9H19N. The molecule has 0 amide bonds. The predicted octanol–water partition coefficient (Wildman–Crippen LogP) is 2.34. The zero-order valence-electron chi connectivity index (χ0n) is 7.41. The van der Waals surface area contributed by atoms with Gasteiger partial charge in [-0.2, -0.15) is 0 Å². The molecule has 0 saturated heterocycles. The van der Waals surface area contributed by atoms with Crippen molar-refractivity contribution >= 4 is 0 Å². The molecule has 1 heteroatoms. The van der Waals surface area contributed by atoms with Gasteiger partial charge in [0.25, 0.3) is 0 Å². The maximum atomic E-state index is 3.86. The summed E-state index contributed by atoms with van der Waals surface area (Å²) in [6.45, 7) is 8.15. The number of rotatable bonds is 5. The van der Waals surface area contributed by atoms with Crippen molar-refractivity contribution in [3.63, 3.8) is 0 Å². The van der Waals surface area contributed by atoms with Gasteiger partial charge in [-0.15, -0.1) is 6.58 Å². The van der Waals surface area contributed by atoms with Gasteiger partial charge in [0.1, 0.15) is 0 Å². The Bertz CT molecular complexity index is 96.9. The molecule has 0 unspecified atom stereocenters. The first-order valence-corrected chi connectivity index (χ1v) is 3.98. The van der Waals surface area contributed by atoms with E-state index in [1.807, 2.05) is 7.05 Å². The topological polar surface area (TPSA) is 12.0 Å². The standard InChI is InChI=1S/C9H19N/c1-8(2)6-5-7-9(3)10-4/h9-10H,1,5-7H2,2-4H3/t9-/m1/s1.